The molecule has 1 unspecified atom stereocenters. The number of likely N-dealkylation sites (N-methyl/N-ethyl adjacent to an activating group) is 1. The van der Waals surface area contributed by atoms with Crippen molar-refractivity contribution in [2.24, 2.45) is 0 Å². The van der Waals surface area contributed by atoms with Crippen LogP contribution in [0.3, 0.4) is 0 Å². The molecule has 20 heavy (non-hydrogen) atoms. The number of hydrogen-bond donors (Lipinski definition) is 0. The van der Waals surface area contributed by atoms with Gasteiger partial charge in [0.05, 0.1) is 12.3 Å². The molecular weight excluding hydrogens is 274 g/mol. The molecule has 0 aliphatic rings. The maximum absolute atomic E-state index is 12.1. The molecule has 0 aliphatic heterocycles. The van der Waals surface area contributed by atoms with Crippen LogP contribution in [0, 0.1) is 0 Å². The highest BCUT2D eigenvalue weighted by Crippen LogP contribution is 2.19. The number of nitrogens with zero attached hydrogens (tertiary/aromatic N) is 1. The summed E-state index contributed by atoms with van der Waals surface area (Å²) < 4.78 is 5.31. The van der Waals surface area contributed by atoms with Gasteiger partial charge in [0.25, 0.3) is 0 Å². The summed E-state index contributed by atoms with van der Waals surface area (Å²) in [5.74, 6) is 0.685. The summed E-state index contributed by atoms with van der Waals surface area (Å²) in [7, 11) is 1.75. The standard InChI is InChI=1S/C16H16ClNO2/c1-12(15-4-3-11-20-15)18(2)16(19)10-7-13-5-8-14(17)9-6-13/h3-12H,1-2H3/b10-7+. The SMILES string of the molecule is CC(c1ccco1)N(C)C(=O)/C=C/c1ccc(Cl)cc1. The lowest BCUT2D eigenvalue weighted by molar-refractivity contribution is -0.126. The van der Waals surface area contributed by atoms with Crippen molar-refractivity contribution in [3.63, 3.8) is 0 Å². The predicted molar refractivity (Wildman–Crippen MR) is 80.4 cm³/mol. The maximum atomic E-state index is 12.1. The summed E-state index contributed by atoms with van der Waals surface area (Å²) in [6.45, 7) is 1.92. The lowest BCUT2D eigenvalue weighted by atomic mass is 10.2. The molecule has 1 aromatic carbocycles. The molecule has 0 aliphatic carbocycles. The van der Waals surface area contributed by atoms with Crippen LogP contribution in [-0.4, -0.2) is 17.9 Å². The fourth-order valence-corrected chi connectivity index (χ4v) is 1.90. The molecule has 1 heterocycles. The van der Waals surface area contributed by atoms with Crippen molar-refractivity contribution in [2.75, 3.05) is 7.05 Å². The van der Waals surface area contributed by atoms with Gasteiger partial charge in [-0.2, -0.15) is 0 Å². The molecule has 0 spiro atoms. The molecule has 0 N–H and O–H groups in total. The number of carbonyl (C=O) groups is 1. The Balaban J connectivity index is 2.02. The van der Waals surface area contributed by atoms with Gasteiger partial charge >= 0.3 is 0 Å². The molecule has 1 aromatic heterocycles. The van der Waals surface area contributed by atoms with E-state index in [4.69, 9.17) is 16.0 Å². The van der Waals surface area contributed by atoms with Gasteiger partial charge in [-0.3, -0.25) is 4.79 Å². The van der Waals surface area contributed by atoms with E-state index in [1.807, 2.05) is 31.2 Å². The minimum Gasteiger partial charge on any atom is -0.467 e. The first-order valence-electron chi connectivity index (χ1n) is 6.32. The van der Waals surface area contributed by atoms with E-state index >= 15 is 0 Å². The minimum atomic E-state index is -0.104. The van der Waals surface area contributed by atoms with Crippen molar-refractivity contribution in [3.05, 3.63) is 65.1 Å². The van der Waals surface area contributed by atoms with Crippen LogP contribution in [-0.2, 0) is 4.79 Å². The average molecular weight is 290 g/mol. The van der Waals surface area contributed by atoms with Gasteiger partial charge in [-0.1, -0.05) is 23.7 Å². The second kappa shape index (κ2) is 6.44. The molecule has 1 atom stereocenters. The molecule has 0 saturated heterocycles. The Kier molecular flexibility index (Phi) is 4.64. The predicted octanol–water partition coefficient (Wildman–Crippen LogP) is 4.17. The van der Waals surface area contributed by atoms with Crippen LogP contribution in [0.5, 0.6) is 0 Å². The third kappa shape index (κ3) is 3.52. The number of halogens is 1. The highest BCUT2D eigenvalue weighted by atomic mass is 35.5. The summed E-state index contributed by atoms with van der Waals surface area (Å²) in [5, 5.41) is 0.678. The first-order valence-corrected chi connectivity index (χ1v) is 6.69. The Bertz CT molecular complexity index is 587. The zero-order valence-corrected chi connectivity index (χ0v) is 12.2. The van der Waals surface area contributed by atoms with Gasteiger partial charge in [-0.25, -0.2) is 0 Å². The van der Waals surface area contributed by atoms with Gasteiger partial charge < -0.3 is 9.32 Å². The molecule has 104 valence electrons. The maximum Gasteiger partial charge on any atom is 0.246 e. The van der Waals surface area contributed by atoms with Gasteiger partial charge in [0.15, 0.2) is 0 Å². The highest BCUT2D eigenvalue weighted by molar-refractivity contribution is 6.30. The average Bonchev–Trinajstić information content (AvgIpc) is 2.99. The summed E-state index contributed by atoms with van der Waals surface area (Å²) in [4.78, 5) is 13.7. The van der Waals surface area contributed by atoms with Gasteiger partial charge in [-0.05, 0) is 42.8 Å². The lowest BCUT2D eigenvalue weighted by Crippen LogP contribution is -2.27. The van der Waals surface area contributed by atoms with E-state index in [1.54, 1.807) is 42.5 Å². The van der Waals surface area contributed by atoms with Gasteiger partial charge in [0.1, 0.15) is 5.76 Å². The van der Waals surface area contributed by atoms with E-state index in [0.29, 0.717) is 5.02 Å². The molecule has 1 amide bonds. The van der Waals surface area contributed by atoms with Crippen LogP contribution in [0.25, 0.3) is 6.08 Å². The Morgan fingerprint density at radius 2 is 2.00 bits per heavy atom. The summed E-state index contributed by atoms with van der Waals surface area (Å²) in [6.07, 6.45) is 4.92. The van der Waals surface area contributed by atoms with Crippen LogP contribution in [0.1, 0.15) is 24.3 Å². The molecule has 4 heteroatoms. The van der Waals surface area contributed by atoms with Gasteiger partial charge in [-0.15, -0.1) is 0 Å². The molecule has 0 fully saturated rings. The topological polar surface area (TPSA) is 33.5 Å². The Morgan fingerprint density at radius 1 is 1.30 bits per heavy atom. The van der Waals surface area contributed by atoms with Crippen molar-refractivity contribution in [1.29, 1.82) is 0 Å². The Morgan fingerprint density at radius 3 is 2.60 bits per heavy atom. The van der Waals surface area contributed by atoms with E-state index in [2.05, 4.69) is 0 Å². The zero-order valence-electron chi connectivity index (χ0n) is 11.4. The molecule has 2 aromatic rings. The Labute approximate surface area is 123 Å². The smallest absolute Gasteiger partial charge is 0.246 e. The van der Waals surface area contributed by atoms with E-state index in [9.17, 15) is 4.79 Å². The number of rotatable bonds is 4. The van der Waals surface area contributed by atoms with E-state index in [-0.39, 0.29) is 11.9 Å². The van der Waals surface area contributed by atoms with Crippen molar-refractivity contribution in [1.82, 2.24) is 4.90 Å². The normalized spacial score (nSPS) is 12.6. The van der Waals surface area contributed by atoms with Crippen LogP contribution >= 0.6 is 11.6 Å². The number of hydrogen-bond acceptors (Lipinski definition) is 2. The van der Waals surface area contributed by atoms with Crippen molar-refractivity contribution < 1.29 is 9.21 Å². The zero-order chi connectivity index (χ0) is 14.5. The van der Waals surface area contributed by atoms with Crippen molar-refractivity contribution in [3.8, 4) is 0 Å². The van der Waals surface area contributed by atoms with E-state index < -0.39 is 0 Å². The van der Waals surface area contributed by atoms with Gasteiger partial charge in [0, 0.05) is 18.1 Å². The quantitative estimate of drug-likeness (QED) is 0.792. The largest absolute Gasteiger partial charge is 0.467 e. The first-order chi connectivity index (χ1) is 9.58. The van der Waals surface area contributed by atoms with Crippen LogP contribution in [0.4, 0.5) is 0 Å². The minimum absolute atomic E-state index is 0.0798. The monoisotopic (exact) mass is 289 g/mol. The fraction of sp³-hybridized carbons (Fsp3) is 0.188. The van der Waals surface area contributed by atoms with Crippen molar-refractivity contribution >= 4 is 23.6 Å². The van der Waals surface area contributed by atoms with Crippen LogP contribution < -0.4 is 0 Å². The molecule has 2 rings (SSSR count). The molecular formula is C16H16ClNO2. The molecule has 0 bridgehead atoms. The number of benzene rings is 1. The number of carbonyl (C=O) groups excluding carboxylic acids is 1. The fourth-order valence-electron chi connectivity index (χ4n) is 1.77. The third-order valence-corrected chi connectivity index (χ3v) is 3.42. The van der Waals surface area contributed by atoms with E-state index in [1.165, 1.54) is 0 Å². The second-order valence-electron chi connectivity index (χ2n) is 4.53. The molecule has 3 nitrogen and oxygen atoms in total. The lowest BCUT2D eigenvalue weighted by Gasteiger charge is -2.21. The summed E-state index contributed by atoms with van der Waals surface area (Å²) >= 11 is 5.81. The second-order valence-corrected chi connectivity index (χ2v) is 4.96. The van der Waals surface area contributed by atoms with Crippen LogP contribution in [0.15, 0.2) is 53.2 Å². The third-order valence-electron chi connectivity index (χ3n) is 3.17. The number of amides is 1. The molecule has 0 saturated carbocycles. The van der Waals surface area contributed by atoms with Crippen LogP contribution in [0.2, 0.25) is 5.02 Å². The first kappa shape index (κ1) is 14.4. The Hall–Kier alpha value is -2.00. The van der Waals surface area contributed by atoms with E-state index in [0.717, 1.165) is 11.3 Å². The highest BCUT2D eigenvalue weighted by Gasteiger charge is 2.17. The summed E-state index contributed by atoms with van der Waals surface area (Å²) in [6, 6.07) is 10.9. The molecule has 0 radical (unpaired) electrons. The van der Waals surface area contributed by atoms with Crippen molar-refractivity contribution in [2.45, 2.75) is 13.0 Å². The summed E-state index contributed by atoms with van der Waals surface area (Å²) in [5.41, 5.74) is 0.932. The number of furan rings is 1. The van der Waals surface area contributed by atoms with Gasteiger partial charge in [0.2, 0.25) is 5.91 Å².